The molecule has 0 saturated heterocycles. The van der Waals surface area contributed by atoms with Crippen molar-refractivity contribution >= 4 is 21.6 Å². The van der Waals surface area contributed by atoms with Gasteiger partial charge >= 0.3 is 0 Å². The maximum Gasteiger partial charge on any atom is 0.264 e. The minimum absolute atomic E-state index is 0.127. The number of amides is 1. The summed E-state index contributed by atoms with van der Waals surface area (Å²) in [5.74, 6) is 0.700. The molecule has 1 N–H and O–H groups in total. The summed E-state index contributed by atoms with van der Waals surface area (Å²) in [5.41, 5.74) is 3.54. The van der Waals surface area contributed by atoms with Crippen LogP contribution in [0.15, 0.2) is 71.6 Å². The van der Waals surface area contributed by atoms with Gasteiger partial charge in [-0.15, -0.1) is 0 Å². The summed E-state index contributed by atoms with van der Waals surface area (Å²) in [4.78, 5) is 13.1. The number of nitrogens with one attached hydrogen (secondary N) is 1. The maximum atomic E-state index is 13.5. The van der Waals surface area contributed by atoms with E-state index >= 15 is 0 Å². The number of carbonyl (C=O) groups is 1. The third kappa shape index (κ3) is 5.82. The topological polar surface area (TPSA) is 84.9 Å². The molecule has 0 bridgehead atoms. The van der Waals surface area contributed by atoms with Crippen LogP contribution in [-0.2, 0) is 21.2 Å². The Labute approximate surface area is 213 Å². The number of fused-ring (bicyclic) bond motifs is 1. The lowest BCUT2D eigenvalue weighted by atomic mass is 10.1. The van der Waals surface area contributed by atoms with Crippen LogP contribution in [0, 0.1) is 13.8 Å². The zero-order chi connectivity index (χ0) is 25.7. The fraction of sp³-hybridized carbons (Fsp3) is 0.321. The summed E-state index contributed by atoms with van der Waals surface area (Å²) in [7, 11) is -3.89. The molecule has 4 rings (SSSR count). The van der Waals surface area contributed by atoms with Crippen molar-refractivity contribution in [1.29, 1.82) is 0 Å². The zero-order valence-electron chi connectivity index (χ0n) is 20.9. The number of anilines is 1. The molecule has 36 heavy (non-hydrogen) atoms. The van der Waals surface area contributed by atoms with E-state index in [2.05, 4.69) is 12.2 Å². The van der Waals surface area contributed by atoms with Gasteiger partial charge in [0.25, 0.3) is 15.9 Å². The van der Waals surface area contributed by atoms with Crippen LogP contribution in [0.3, 0.4) is 0 Å². The molecule has 0 spiro atoms. The van der Waals surface area contributed by atoms with E-state index in [-0.39, 0.29) is 24.6 Å². The van der Waals surface area contributed by atoms with Crippen molar-refractivity contribution in [2.75, 3.05) is 24.0 Å². The first-order chi connectivity index (χ1) is 17.3. The van der Waals surface area contributed by atoms with Gasteiger partial charge in [0.2, 0.25) is 0 Å². The molecule has 0 fully saturated rings. The van der Waals surface area contributed by atoms with Gasteiger partial charge in [-0.2, -0.15) is 0 Å². The smallest absolute Gasteiger partial charge is 0.264 e. The van der Waals surface area contributed by atoms with E-state index in [0.29, 0.717) is 11.4 Å². The van der Waals surface area contributed by atoms with Gasteiger partial charge in [0, 0.05) is 0 Å². The van der Waals surface area contributed by atoms with Gasteiger partial charge in [-0.25, -0.2) is 8.42 Å². The predicted molar refractivity (Wildman–Crippen MR) is 140 cm³/mol. The van der Waals surface area contributed by atoms with Gasteiger partial charge in [0.15, 0.2) is 6.10 Å². The first-order valence-corrected chi connectivity index (χ1v) is 13.6. The monoisotopic (exact) mass is 508 g/mol. The summed E-state index contributed by atoms with van der Waals surface area (Å²) in [6.07, 6.45) is 1.12. The van der Waals surface area contributed by atoms with Crippen LogP contribution in [0.4, 0.5) is 5.69 Å². The molecule has 1 amide bonds. The van der Waals surface area contributed by atoms with Gasteiger partial charge in [-0.3, -0.25) is 9.10 Å². The van der Waals surface area contributed by atoms with Crippen molar-refractivity contribution in [3.63, 3.8) is 0 Å². The molecule has 3 aromatic rings. The van der Waals surface area contributed by atoms with Crippen LogP contribution < -0.4 is 19.1 Å². The second-order valence-corrected chi connectivity index (χ2v) is 10.8. The summed E-state index contributed by atoms with van der Waals surface area (Å²) in [6.45, 7) is 6.35. The molecular weight excluding hydrogens is 476 g/mol. The second-order valence-electron chi connectivity index (χ2n) is 8.96. The number of ether oxygens (including phenoxy) is 2. The first kappa shape index (κ1) is 25.6. The van der Waals surface area contributed by atoms with Gasteiger partial charge < -0.3 is 14.8 Å². The lowest BCUT2D eigenvalue weighted by Crippen LogP contribution is -2.51. The Kier molecular flexibility index (Phi) is 7.84. The highest BCUT2D eigenvalue weighted by molar-refractivity contribution is 7.92. The molecular formula is C28H32N2O5S. The summed E-state index contributed by atoms with van der Waals surface area (Å²) >= 11 is 0. The van der Waals surface area contributed by atoms with Gasteiger partial charge in [0.1, 0.15) is 18.1 Å². The third-order valence-corrected chi connectivity index (χ3v) is 7.81. The maximum absolute atomic E-state index is 13.5. The highest BCUT2D eigenvalue weighted by Gasteiger charge is 2.37. The van der Waals surface area contributed by atoms with Crippen LogP contribution in [0.25, 0.3) is 0 Å². The fourth-order valence-corrected chi connectivity index (χ4v) is 5.54. The number of nitrogens with zero attached hydrogens (tertiary/aromatic N) is 1. The molecule has 1 aliphatic rings. The molecule has 0 aliphatic carbocycles. The minimum Gasteiger partial charge on any atom is -0.492 e. The van der Waals surface area contributed by atoms with Crippen LogP contribution in [0.2, 0.25) is 0 Å². The van der Waals surface area contributed by atoms with Crippen LogP contribution in [-0.4, -0.2) is 40.1 Å². The van der Waals surface area contributed by atoms with Crippen molar-refractivity contribution in [2.24, 2.45) is 0 Å². The number of hydrogen-bond acceptors (Lipinski definition) is 5. The van der Waals surface area contributed by atoms with E-state index < -0.39 is 22.0 Å². The Morgan fingerprint density at radius 1 is 1.03 bits per heavy atom. The molecule has 1 aliphatic heterocycles. The van der Waals surface area contributed by atoms with Crippen molar-refractivity contribution in [1.82, 2.24) is 5.32 Å². The Hall–Kier alpha value is -3.52. The molecule has 7 nitrogen and oxygen atoms in total. The summed E-state index contributed by atoms with van der Waals surface area (Å²) < 4.78 is 40.0. The van der Waals surface area contributed by atoms with Crippen molar-refractivity contribution in [3.8, 4) is 11.5 Å². The summed E-state index contributed by atoms with van der Waals surface area (Å²) in [6, 6.07) is 19.9. The number of carbonyl (C=O) groups excluding carboxylic acids is 1. The SMILES string of the molecule is CCCc1ccc(OCCNC(=O)[C@@H]2CN(S(=O)(=O)c3ccc(C)cc3)c3ccc(C)cc3O2)cc1. The Morgan fingerprint density at radius 2 is 1.72 bits per heavy atom. The van der Waals surface area contributed by atoms with Gasteiger partial charge in [-0.05, 0) is 67.8 Å². The molecule has 8 heteroatoms. The lowest BCUT2D eigenvalue weighted by Gasteiger charge is -2.35. The average Bonchev–Trinajstić information content (AvgIpc) is 2.87. The van der Waals surface area contributed by atoms with Crippen LogP contribution in [0.5, 0.6) is 11.5 Å². The zero-order valence-corrected chi connectivity index (χ0v) is 21.7. The highest BCUT2D eigenvalue weighted by atomic mass is 32.2. The Balaban J connectivity index is 1.44. The van der Waals surface area contributed by atoms with Crippen LogP contribution in [0.1, 0.15) is 30.0 Å². The molecule has 0 unspecified atom stereocenters. The van der Waals surface area contributed by atoms with Crippen LogP contribution >= 0.6 is 0 Å². The molecule has 0 aromatic heterocycles. The third-order valence-electron chi connectivity index (χ3n) is 6.02. The fourth-order valence-electron chi connectivity index (χ4n) is 4.06. The van der Waals surface area contributed by atoms with E-state index in [1.54, 1.807) is 36.4 Å². The Bertz CT molecular complexity index is 1300. The predicted octanol–water partition coefficient (Wildman–Crippen LogP) is 4.41. The molecule has 190 valence electrons. The van der Waals surface area contributed by atoms with Crippen molar-refractivity contribution < 1.29 is 22.7 Å². The van der Waals surface area contributed by atoms with E-state index in [0.717, 1.165) is 29.7 Å². The largest absolute Gasteiger partial charge is 0.492 e. The van der Waals surface area contributed by atoms with E-state index in [9.17, 15) is 13.2 Å². The highest BCUT2D eigenvalue weighted by Crippen LogP contribution is 2.37. The molecule has 0 radical (unpaired) electrons. The van der Waals surface area contributed by atoms with Crippen molar-refractivity contribution in [3.05, 3.63) is 83.4 Å². The molecule has 1 heterocycles. The first-order valence-electron chi connectivity index (χ1n) is 12.1. The second kappa shape index (κ2) is 11.0. The number of benzene rings is 3. The normalized spacial score (nSPS) is 15.1. The Morgan fingerprint density at radius 3 is 2.42 bits per heavy atom. The number of rotatable bonds is 9. The minimum atomic E-state index is -3.89. The number of hydrogen-bond donors (Lipinski definition) is 1. The lowest BCUT2D eigenvalue weighted by molar-refractivity contribution is -0.127. The van der Waals surface area contributed by atoms with E-state index in [1.165, 1.54) is 9.87 Å². The number of sulfonamides is 1. The summed E-state index contributed by atoms with van der Waals surface area (Å²) in [5, 5.41) is 2.81. The average molecular weight is 509 g/mol. The van der Waals surface area contributed by atoms with Gasteiger partial charge in [-0.1, -0.05) is 49.2 Å². The van der Waals surface area contributed by atoms with Gasteiger partial charge in [0.05, 0.1) is 23.7 Å². The quantitative estimate of drug-likeness (QED) is 0.433. The molecule has 3 aromatic carbocycles. The number of aryl methyl sites for hydroxylation is 3. The van der Waals surface area contributed by atoms with Crippen molar-refractivity contribution in [2.45, 2.75) is 44.6 Å². The standard InChI is InChI=1S/C28H32N2O5S/c1-4-5-22-9-11-23(12-10-22)34-17-16-29-28(31)27-19-30(25-15-8-21(3)18-26(25)35-27)36(32,33)24-13-6-20(2)7-14-24/h6-15,18,27H,4-5,16-17,19H2,1-3H3,(H,29,31)/t27-/m0/s1. The molecule has 0 saturated carbocycles. The molecule has 1 atom stereocenters. The van der Waals surface area contributed by atoms with E-state index in [4.69, 9.17) is 9.47 Å². The van der Waals surface area contributed by atoms with E-state index in [1.807, 2.05) is 44.2 Å².